The number of nitrogens with one attached hydrogen (secondary N) is 1. The number of carbonyl (C=O) groups excluding carboxylic acids is 1. The van der Waals surface area contributed by atoms with Crippen molar-refractivity contribution >= 4 is 5.91 Å². The predicted molar refractivity (Wildman–Crippen MR) is 69.2 cm³/mol. The van der Waals surface area contributed by atoms with E-state index in [-0.39, 0.29) is 12.5 Å². The van der Waals surface area contributed by atoms with Gasteiger partial charge in [0.25, 0.3) is 5.91 Å². The number of hydrogen-bond donors (Lipinski definition) is 1. The van der Waals surface area contributed by atoms with Crippen molar-refractivity contribution in [1.29, 1.82) is 0 Å². The van der Waals surface area contributed by atoms with Gasteiger partial charge in [0.2, 0.25) is 0 Å². The molecule has 4 heteroatoms. The lowest BCUT2D eigenvalue weighted by Crippen LogP contribution is -2.24. The molecule has 1 aromatic carbocycles. The third kappa shape index (κ3) is 3.07. The molecule has 0 atom stereocenters. The minimum Gasteiger partial charge on any atom is -0.482 e. The standard InChI is InChI=1S/C14H14N2O2/c1-15-14(17)10-18-12-7-8-13(16-9-12)11-5-3-2-4-6-11/h2-9H,10H2,1H3,(H,15,17). The van der Waals surface area contributed by atoms with Gasteiger partial charge in [-0.15, -0.1) is 0 Å². The Morgan fingerprint density at radius 2 is 2.00 bits per heavy atom. The number of aromatic nitrogens is 1. The monoisotopic (exact) mass is 242 g/mol. The first kappa shape index (κ1) is 12.1. The van der Waals surface area contributed by atoms with Crippen LogP contribution in [0, 0.1) is 0 Å². The van der Waals surface area contributed by atoms with Gasteiger partial charge in [-0.1, -0.05) is 30.3 Å². The van der Waals surface area contributed by atoms with Gasteiger partial charge in [0.05, 0.1) is 11.9 Å². The number of amides is 1. The number of carbonyl (C=O) groups is 1. The van der Waals surface area contributed by atoms with Crippen molar-refractivity contribution in [3.8, 4) is 17.0 Å². The summed E-state index contributed by atoms with van der Waals surface area (Å²) in [7, 11) is 1.57. The molecular formula is C14H14N2O2. The van der Waals surface area contributed by atoms with Crippen LogP contribution in [-0.2, 0) is 4.79 Å². The minimum atomic E-state index is -0.165. The van der Waals surface area contributed by atoms with Crippen LogP contribution in [0.25, 0.3) is 11.3 Å². The third-order valence-electron chi connectivity index (χ3n) is 2.45. The van der Waals surface area contributed by atoms with E-state index >= 15 is 0 Å². The van der Waals surface area contributed by atoms with Crippen LogP contribution < -0.4 is 10.1 Å². The molecule has 1 amide bonds. The van der Waals surface area contributed by atoms with Crippen molar-refractivity contribution in [2.24, 2.45) is 0 Å². The normalized spacial score (nSPS) is 9.83. The van der Waals surface area contributed by atoms with Crippen LogP contribution in [0.4, 0.5) is 0 Å². The molecule has 0 radical (unpaired) electrons. The van der Waals surface area contributed by atoms with Crippen molar-refractivity contribution in [2.45, 2.75) is 0 Å². The van der Waals surface area contributed by atoms with Gasteiger partial charge < -0.3 is 10.1 Å². The van der Waals surface area contributed by atoms with Crippen LogP contribution in [0.15, 0.2) is 48.7 Å². The Hall–Kier alpha value is -2.36. The maximum Gasteiger partial charge on any atom is 0.257 e. The summed E-state index contributed by atoms with van der Waals surface area (Å²) in [5.74, 6) is 0.417. The topological polar surface area (TPSA) is 51.2 Å². The molecule has 0 saturated carbocycles. The fourth-order valence-corrected chi connectivity index (χ4v) is 1.47. The van der Waals surface area contributed by atoms with Crippen LogP contribution in [0.1, 0.15) is 0 Å². The first-order chi connectivity index (χ1) is 8.79. The van der Waals surface area contributed by atoms with E-state index in [0.29, 0.717) is 5.75 Å². The molecule has 0 aliphatic carbocycles. The average Bonchev–Trinajstić information content (AvgIpc) is 2.46. The highest BCUT2D eigenvalue weighted by Crippen LogP contribution is 2.18. The van der Waals surface area contributed by atoms with Gasteiger partial charge in [-0.05, 0) is 12.1 Å². The largest absolute Gasteiger partial charge is 0.482 e. The van der Waals surface area contributed by atoms with Crippen molar-refractivity contribution in [3.05, 3.63) is 48.7 Å². The van der Waals surface area contributed by atoms with Gasteiger partial charge in [0.15, 0.2) is 6.61 Å². The molecule has 1 N–H and O–H groups in total. The van der Waals surface area contributed by atoms with Gasteiger partial charge in [0.1, 0.15) is 5.75 Å². The van der Waals surface area contributed by atoms with Gasteiger partial charge in [-0.3, -0.25) is 9.78 Å². The second-order valence-electron chi connectivity index (χ2n) is 3.71. The average molecular weight is 242 g/mol. The van der Waals surface area contributed by atoms with E-state index in [1.165, 1.54) is 0 Å². The lowest BCUT2D eigenvalue weighted by molar-refractivity contribution is -0.122. The summed E-state index contributed by atoms with van der Waals surface area (Å²) in [6, 6.07) is 13.6. The molecule has 0 aliphatic heterocycles. The summed E-state index contributed by atoms with van der Waals surface area (Å²) in [4.78, 5) is 15.3. The molecule has 18 heavy (non-hydrogen) atoms. The molecule has 1 heterocycles. The number of nitrogens with zero attached hydrogens (tertiary/aromatic N) is 1. The molecular weight excluding hydrogens is 228 g/mol. The molecule has 0 unspecified atom stereocenters. The molecule has 0 bridgehead atoms. The van der Waals surface area contributed by atoms with E-state index in [4.69, 9.17) is 4.74 Å². The lowest BCUT2D eigenvalue weighted by atomic mass is 10.1. The molecule has 1 aromatic heterocycles. The Labute approximate surface area is 106 Å². The Bertz CT molecular complexity index is 509. The van der Waals surface area contributed by atoms with Crippen LogP contribution in [0.5, 0.6) is 5.75 Å². The third-order valence-corrected chi connectivity index (χ3v) is 2.45. The fraction of sp³-hybridized carbons (Fsp3) is 0.143. The van der Waals surface area contributed by atoms with Crippen molar-refractivity contribution < 1.29 is 9.53 Å². The summed E-state index contributed by atoms with van der Waals surface area (Å²) >= 11 is 0. The summed E-state index contributed by atoms with van der Waals surface area (Å²) in [5.41, 5.74) is 1.93. The van der Waals surface area contributed by atoms with E-state index < -0.39 is 0 Å². The maximum absolute atomic E-state index is 11.0. The summed E-state index contributed by atoms with van der Waals surface area (Å²) < 4.78 is 5.27. The van der Waals surface area contributed by atoms with Crippen molar-refractivity contribution in [2.75, 3.05) is 13.7 Å². The first-order valence-corrected chi connectivity index (χ1v) is 5.64. The zero-order valence-corrected chi connectivity index (χ0v) is 10.1. The van der Waals surface area contributed by atoms with Crippen LogP contribution >= 0.6 is 0 Å². The number of rotatable bonds is 4. The SMILES string of the molecule is CNC(=O)COc1ccc(-c2ccccc2)nc1. The Morgan fingerprint density at radius 1 is 1.22 bits per heavy atom. The van der Waals surface area contributed by atoms with Gasteiger partial charge in [-0.25, -0.2) is 0 Å². The smallest absolute Gasteiger partial charge is 0.257 e. The molecule has 2 aromatic rings. The zero-order chi connectivity index (χ0) is 12.8. The van der Waals surface area contributed by atoms with E-state index in [2.05, 4.69) is 10.3 Å². The van der Waals surface area contributed by atoms with Gasteiger partial charge >= 0.3 is 0 Å². The number of hydrogen-bond acceptors (Lipinski definition) is 3. The van der Waals surface area contributed by atoms with Crippen LogP contribution in [0.2, 0.25) is 0 Å². The van der Waals surface area contributed by atoms with Gasteiger partial charge in [0, 0.05) is 12.6 Å². The predicted octanol–water partition coefficient (Wildman–Crippen LogP) is 1.87. The van der Waals surface area contributed by atoms with Gasteiger partial charge in [-0.2, -0.15) is 0 Å². The molecule has 0 saturated heterocycles. The molecule has 0 spiro atoms. The van der Waals surface area contributed by atoms with E-state index in [1.54, 1.807) is 19.3 Å². The van der Waals surface area contributed by atoms with Crippen molar-refractivity contribution in [3.63, 3.8) is 0 Å². The molecule has 0 fully saturated rings. The first-order valence-electron chi connectivity index (χ1n) is 5.64. The van der Waals surface area contributed by atoms with E-state index in [9.17, 15) is 4.79 Å². The lowest BCUT2D eigenvalue weighted by Gasteiger charge is -2.05. The van der Waals surface area contributed by atoms with Crippen LogP contribution in [-0.4, -0.2) is 24.5 Å². The number of benzene rings is 1. The zero-order valence-electron chi connectivity index (χ0n) is 10.1. The van der Waals surface area contributed by atoms with Crippen molar-refractivity contribution in [1.82, 2.24) is 10.3 Å². The second kappa shape index (κ2) is 5.82. The summed E-state index contributed by atoms with van der Waals surface area (Å²) in [6.07, 6.45) is 1.62. The number of pyridine rings is 1. The highest BCUT2D eigenvalue weighted by Gasteiger charge is 2.02. The molecule has 0 aliphatic rings. The summed E-state index contributed by atoms with van der Waals surface area (Å²) in [6.45, 7) is 0.00284. The highest BCUT2D eigenvalue weighted by atomic mass is 16.5. The fourth-order valence-electron chi connectivity index (χ4n) is 1.47. The number of likely N-dealkylation sites (N-methyl/N-ethyl adjacent to an activating group) is 1. The molecule has 92 valence electrons. The highest BCUT2D eigenvalue weighted by molar-refractivity contribution is 5.77. The molecule has 2 rings (SSSR count). The molecule has 4 nitrogen and oxygen atoms in total. The Morgan fingerprint density at radius 3 is 2.61 bits per heavy atom. The minimum absolute atomic E-state index is 0.00284. The Kier molecular flexibility index (Phi) is 3.91. The Balaban J connectivity index is 2.04. The van der Waals surface area contributed by atoms with E-state index in [1.807, 2.05) is 36.4 Å². The summed E-state index contributed by atoms with van der Waals surface area (Å²) in [5, 5.41) is 2.49. The number of ether oxygens (including phenoxy) is 1. The maximum atomic E-state index is 11.0. The quantitative estimate of drug-likeness (QED) is 0.890. The van der Waals surface area contributed by atoms with Crippen LogP contribution in [0.3, 0.4) is 0 Å². The van der Waals surface area contributed by atoms with E-state index in [0.717, 1.165) is 11.3 Å². The second-order valence-corrected chi connectivity index (χ2v) is 3.71.